The maximum absolute atomic E-state index is 13.9. The van der Waals surface area contributed by atoms with Gasteiger partial charge in [0, 0.05) is 24.0 Å². The van der Waals surface area contributed by atoms with Gasteiger partial charge in [-0.05, 0) is 88.9 Å². The summed E-state index contributed by atoms with van der Waals surface area (Å²) in [5, 5.41) is 16.7. The average molecular weight is 882 g/mol. The zero-order valence-corrected chi connectivity index (χ0v) is 37.9. The number of H-pyrrole nitrogens is 2. The molecule has 0 saturated carbocycles. The number of methoxy groups -OCH3 is 1. The number of aromatic amines is 2. The van der Waals surface area contributed by atoms with E-state index in [0.29, 0.717) is 43.3 Å². The van der Waals surface area contributed by atoms with Gasteiger partial charge in [0.2, 0.25) is 5.91 Å². The van der Waals surface area contributed by atoms with Crippen LogP contribution in [0.2, 0.25) is 0 Å². The largest absolute Gasteiger partial charge is 0.488 e. The highest BCUT2D eigenvalue weighted by molar-refractivity contribution is 6.07. The maximum atomic E-state index is 13.9. The number of benzene rings is 4. The Kier molecular flexibility index (Phi) is 12.8. The molecule has 6 aromatic rings. The number of hydrogen-bond donors (Lipinski definition) is 5. The number of fused-ring (bicyclic) bond motifs is 6. The van der Waals surface area contributed by atoms with Crippen molar-refractivity contribution in [3.8, 4) is 28.1 Å². The third kappa shape index (κ3) is 9.22. The molecule has 2 aromatic heterocycles. The predicted octanol–water partition coefficient (Wildman–Crippen LogP) is 9.25. The molecule has 5 heterocycles. The number of nitrogens with one attached hydrogen (secondary N) is 4. The van der Waals surface area contributed by atoms with Crippen molar-refractivity contribution in [1.82, 2.24) is 40.4 Å². The number of ether oxygens (including phenoxy) is 2. The summed E-state index contributed by atoms with van der Waals surface area (Å²) >= 11 is 0. The van der Waals surface area contributed by atoms with Gasteiger partial charge >= 0.3 is 12.2 Å². The molecule has 5 atom stereocenters. The normalized spacial score (nSPS) is 18.7. The first-order valence-electron chi connectivity index (χ1n) is 22.2. The van der Waals surface area contributed by atoms with Gasteiger partial charge in [-0.25, -0.2) is 19.6 Å². The number of carboxylic acid groups (broad SMARTS) is 1. The molecule has 9 rings (SSSR count). The Hall–Kier alpha value is -6.90. The van der Waals surface area contributed by atoms with Crippen molar-refractivity contribution in [2.45, 2.75) is 91.6 Å². The number of carbonyl (C=O) groups excluding carboxylic acids is 3. The number of likely N-dealkylation sites (tertiary alicyclic amines) is 2. The lowest BCUT2D eigenvalue weighted by atomic mass is 9.92. The van der Waals surface area contributed by atoms with Crippen LogP contribution >= 0.6 is 0 Å². The van der Waals surface area contributed by atoms with Gasteiger partial charge in [0.25, 0.3) is 5.91 Å². The fourth-order valence-corrected chi connectivity index (χ4v) is 9.25. The van der Waals surface area contributed by atoms with Crippen molar-refractivity contribution in [3.63, 3.8) is 0 Å². The van der Waals surface area contributed by atoms with Crippen molar-refractivity contribution in [2.75, 3.05) is 20.2 Å². The number of alkyl carbamates (subject to hydrolysis) is 1. The second-order valence-electron chi connectivity index (χ2n) is 18.2. The molecule has 4 aromatic carbocycles. The van der Waals surface area contributed by atoms with Gasteiger partial charge in [-0.15, -0.1) is 0 Å². The Morgan fingerprint density at radius 2 is 1.66 bits per heavy atom. The quantitative estimate of drug-likeness (QED) is 0.0941. The van der Waals surface area contributed by atoms with Crippen LogP contribution in [0.25, 0.3) is 44.2 Å². The van der Waals surface area contributed by atoms with Crippen LogP contribution in [0, 0.1) is 17.8 Å². The first kappa shape index (κ1) is 44.7. The van der Waals surface area contributed by atoms with Crippen molar-refractivity contribution in [1.29, 1.82) is 0 Å². The zero-order chi connectivity index (χ0) is 46.1. The van der Waals surface area contributed by atoms with E-state index in [1.807, 2.05) is 30.9 Å². The molecule has 65 heavy (non-hydrogen) atoms. The Morgan fingerprint density at radius 3 is 2.38 bits per heavy atom. The van der Waals surface area contributed by atoms with Gasteiger partial charge in [0.1, 0.15) is 36.1 Å². The Labute approximate surface area is 378 Å². The second kappa shape index (κ2) is 18.7. The van der Waals surface area contributed by atoms with Crippen LogP contribution in [-0.4, -0.2) is 85.1 Å². The Balaban J connectivity index is 0.00000138. The highest BCUT2D eigenvalue weighted by atomic mass is 16.5. The number of aromatic nitrogens is 4. The zero-order valence-electron chi connectivity index (χ0n) is 37.9. The molecule has 3 aliphatic heterocycles. The number of nitrogens with zero attached hydrogens (tertiary/aromatic N) is 4. The van der Waals surface area contributed by atoms with Crippen LogP contribution in [0.3, 0.4) is 0 Å². The lowest BCUT2D eigenvalue weighted by Gasteiger charge is -2.30. The monoisotopic (exact) mass is 881 g/mol. The van der Waals surface area contributed by atoms with E-state index in [-0.39, 0.29) is 35.7 Å². The summed E-state index contributed by atoms with van der Waals surface area (Å²) in [5.74, 6) is 3.18. The molecular formula is C50H57N8O7. The molecule has 339 valence electrons. The van der Waals surface area contributed by atoms with Crippen LogP contribution in [-0.2, 0) is 20.9 Å². The molecule has 15 heteroatoms. The summed E-state index contributed by atoms with van der Waals surface area (Å²) < 4.78 is 11.2. The summed E-state index contributed by atoms with van der Waals surface area (Å²) in [7, 11) is 1.29. The summed E-state index contributed by atoms with van der Waals surface area (Å²) in [6.07, 6.45) is 2.09. The summed E-state index contributed by atoms with van der Waals surface area (Å²) in [4.78, 5) is 71.9. The summed E-state index contributed by atoms with van der Waals surface area (Å²) in [6, 6.07) is 21.1. The Morgan fingerprint density at radius 1 is 0.892 bits per heavy atom. The van der Waals surface area contributed by atoms with E-state index < -0.39 is 24.3 Å². The number of carbonyl (C=O) groups is 4. The van der Waals surface area contributed by atoms with Crippen LogP contribution in [0.1, 0.15) is 102 Å². The highest BCUT2D eigenvalue weighted by Gasteiger charge is 2.41. The fraction of sp³-hybridized carbons (Fsp3) is 0.380. The molecule has 0 bridgehead atoms. The van der Waals surface area contributed by atoms with Crippen LogP contribution in [0.5, 0.6) is 5.75 Å². The van der Waals surface area contributed by atoms with E-state index in [2.05, 4.69) is 84.7 Å². The number of amides is 4. The maximum Gasteiger partial charge on any atom is 0.407 e. The van der Waals surface area contributed by atoms with E-state index in [4.69, 9.17) is 19.4 Å². The minimum Gasteiger partial charge on any atom is -0.488 e. The topological polar surface area (TPSA) is 195 Å². The molecule has 3 aliphatic rings. The van der Waals surface area contributed by atoms with Gasteiger partial charge in [-0.1, -0.05) is 90.1 Å². The standard InChI is InChI=1S/C46H48N8O7.C4H9/c1-24(2)38(52-46(59)60-4)43(55)54-22-25(3)17-36(54)42-48-33-15-13-27-19-32-30-14-12-28(18-29(30)23-61-37(32)20-31(27)40(33)50-42)34-21-47-41(49-34)35-11-8-16-53(35)44(56)39(51-45(57)58)26-9-6-5-7-10-26;1-4(2)3/h5-7,9-10,12-15,18-21,24-25,35-36,38-39,51H,8,11,16-17,22-23H2,1-4H3,(H,47,49)(H,48,50)(H,52,59)(H,57,58);1-3H3/t25-,35-,36-,38-,39+;/m0./s1. The van der Waals surface area contributed by atoms with Gasteiger partial charge in [0.15, 0.2) is 0 Å². The molecule has 0 aliphatic carbocycles. The van der Waals surface area contributed by atoms with Crippen LogP contribution < -0.4 is 15.4 Å². The van der Waals surface area contributed by atoms with Crippen LogP contribution in [0.4, 0.5) is 9.59 Å². The number of rotatable bonds is 9. The van der Waals surface area contributed by atoms with Gasteiger partial charge in [-0.3, -0.25) is 9.59 Å². The van der Waals surface area contributed by atoms with E-state index >= 15 is 0 Å². The fourth-order valence-electron chi connectivity index (χ4n) is 9.25. The second-order valence-corrected chi connectivity index (χ2v) is 18.2. The van der Waals surface area contributed by atoms with E-state index in [1.54, 1.807) is 35.4 Å². The number of hydrogen-bond acceptors (Lipinski definition) is 8. The van der Waals surface area contributed by atoms with Crippen molar-refractivity contribution >= 4 is 45.8 Å². The molecule has 1 radical (unpaired) electrons. The van der Waals surface area contributed by atoms with E-state index in [0.717, 1.165) is 68.3 Å². The van der Waals surface area contributed by atoms with Crippen molar-refractivity contribution in [2.24, 2.45) is 11.8 Å². The molecule has 15 nitrogen and oxygen atoms in total. The lowest BCUT2D eigenvalue weighted by Crippen LogP contribution is -2.51. The molecule has 2 fully saturated rings. The van der Waals surface area contributed by atoms with Crippen molar-refractivity contribution in [3.05, 3.63) is 108 Å². The third-order valence-electron chi connectivity index (χ3n) is 12.3. The molecular weight excluding hydrogens is 825 g/mol. The van der Waals surface area contributed by atoms with Gasteiger partial charge < -0.3 is 45.0 Å². The predicted molar refractivity (Wildman–Crippen MR) is 248 cm³/mol. The van der Waals surface area contributed by atoms with E-state index in [1.165, 1.54) is 13.0 Å². The minimum absolute atomic E-state index is 0.137. The lowest BCUT2D eigenvalue weighted by molar-refractivity contribution is -0.136. The Bertz CT molecular complexity index is 2730. The molecule has 5 N–H and O–H groups in total. The molecule has 0 unspecified atom stereocenters. The third-order valence-corrected chi connectivity index (χ3v) is 12.3. The molecule has 4 amide bonds. The van der Waals surface area contributed by atoms with Crippen molar-refractivity contribution < 1.29 is 33.8 Å². The smallest absolute Gasteiger partial charge is 0.407 e. The highest BCUT2D eigenvalue weighted by Crippen LogP contribution is 2.44. The average Bonchev–Trinajstić information content (AvgIpc) is 4.12. The van der Waals surface area contributed by atoms with E-state index in [9.17, 15) is 24.3 Å². The summed E-state index contributed by atoms with van der Waals surface area (Å²) in [6.45, 7) is 13.6. The van der Waals surface area contributed by atoms with Crippen LogP contribution in [0.15, 0.2) is 79.0 Å². The molecule has 0 spiro atoms. The number of imidazole rings is 2. The first-order chi connectivity index (χ1) is 31.2. The van der Waals surface area contributed by atoms with Gasteiger partial charge in [0.05, 0.1) is 42.1 Å². The minimum atomic E-state index is -1.26. The SMILES string of the molecule is COC(=O)N[C@H](C(=O)N1C[C@@H](C)C[C@H]1c1nc2ccc3cc4c(cc3c2[nH]1)OCc1cc(-c2cnc([C@@H]3CCCN3C(=O)[C@H](NC(=O)O)c3ccccc3)[nH]2)ccc1-4)C(C)C.C[C](C)C. The van der Waals surface area contributed by atoms with Gasteiger partial charge in [-0.2, -0.15) is 0 Å². The first-order valence-corrected chi connectivity index (χ1v) is 22.2. The molecule has 2 saturated heterocycles. The summed E-state index contributed by atoms with van der Waals surface area (Å²) in [5.41, 5.74) is 7.04.